The number of para-hydroxylation sites is 1. The van der Waals surface area contributed by atoms with Crippen LogP contribution in [0.15, 0.2) is 28.7 Å². The van der Waals surface area contributed by atoms with E-state index in [4.69, 9.17) is 15.2 Å². The number of carbonyl (C=O) groups is 1. The molecule has 0 bridgehead atoms. The van der Waals surface area contributed by atoms with E-state index in [0.29, 0.717) is 19.0 Å². The molecule has 1 saturated heterocycles. The van der Waals surface area contributed by atoms with Crippen molar-refractivity contribution in [3.05, 3.63) is 28.7 Å². The molecule has 0 aliphatic carbocycles. The molecule has 0 saturated carbocycles. The molecule has 1 aromatic carbocycles. The molecule has 2 rings (SSSR count). The van der Waals surface area contributed by atoms with Gasteiger partial charge in [-0.15, -0.1) is 0 Å². The number of hydrogen-bond acceptors (Lipinski definition) is 5. The van der Waals surface area contributed by atoms with E-state index in [0.717, 1.165) is 17.3 Å². The van der Waals surface area contributed by atoms with Gasteiger partial charge in [-0.1, -0.05) is 12.1 Å². The van der Waals surface area contributed by atoms with E-state index < -0.39 is 12.1 Å². The average molecular weight is 387 g/mol. The van der Waals surface area contributed by atoms with Gasteiger partial charge in [-0.3, -0.25) is 4.79 Å². The lowest BCUT2D eigenvalue weighted by Crippen LogP contribution is -2.49. The summed E-state index contributed by atoms with van der Waals surface area (Å²) in [5, 5.41) is 12.6. The molecule has 1 amide bonds. The summed E-state index contributed by atoms with van der Waals surface area (Å²) in [6.45, 7) is 1.50. The first-order valence-corrected chi connectivity index (χ1v) is 8.53. The van der Waals surface area contributed by atoms with Gasteiger partial charge in [0, 0.05) is 19.8 Å². The maximum atomic E-state index is 12.0. The summed E-state index contributed by atoms with van der Waals surface area (Å²) in [6, 6.07) is 6.83. The van der Waals surface area contributed by atoms with Crippen molar-refractivity contribution in [3.63, 3.8) is 0 Å². The maximum absolute atomic E-state index is 12.0. The van der Waals surface area contributed by atoms with Gasteiger partial charge in [-0.2, -0.15) is 0 Å². The molecule has 1 heterocycles. The van der Waals surface area contributed by atoms with E-state index in [-0.39, 0.29) is 25.0 Å². The summed E-state index contributed by atoms with van der Waals surface area (Å²) in [5.41, 5.74) is 5.98. The topological polar surface area (TPSA) is 93.8 Å². The molecule has 0 aromatic heterocycles. The summed E-state index contributed by atoms with van der Waals surface area (Å²) in [6.07, 6.45) is 0.790. The van der Waals surface area contributed by atoms with Gasteiger partial charge >= 0.3 is 0 Å². The number of benzene rings is 1. The third-order valence-electron chi connectivity index (χ3n) is 3.86. The number of rotatable bonds is 7. The molecular formula is C16H23BrN2O4. The van der Waals surface area contributed by atoms with E-state index in [2.05, 4.69) is 21.2 Å². The smallest absolute Gasteiger partial charge is 0.237 e. The molecule has 0 radical (unpaired) electrons. The summed E-state index contributed by atoms with van der Waals surface area (Å²) in [4.78, 5) is 12.0. The van der Waals surface area contributed by atoms with Crippen LogP contribution in [0.1, 0.15) is 12.8 Å². The van der Waals surface area contributed by atoms with Crippen LogP contribution < -0.4 is 15.8 Å². The quantitative estimate of drug-likeness (QED) is 0.651. The molecule has 7 heteroatoms. The van der Waals surface area contributed by atoms with Crippen LogP contribution in [0.2, 0.25) is 0 Å². The van der Waals surface area contributed by atoms with Crippen molar-refractivity contribution in [2.24, 2.45) is 11.7 Å². The highest BCUT2D eigenvalue weighted by Gasteiger charge is 2.26. The van der Waals surface area contributed by atoms with Crippen molar-refractivity contribution < 1.29 is 19.4 Å². The second-order valence-corrected chi connectivity index (χ2v) is 6.47. The third-order valence-corrected chi connectivity index (χ3v) is 4.51. The molecule has 23 heavy (non-hydrogen) atoms. The highest BCUT2D eigenvalue weighted by atomic mass is 79.9. The fraction of sp³-hybridized carbons (Fsp3) is 0.562. The second kappa shape index (κ2) is 9.22. The molecule has 6 nitrogen and oxygen atoms in total. The van der Waals surface area contributed by atoms with Gasteiger partial charge in [0.15, 0.2) is 0 Å². The average Bonchev–Trinajstić information content (AvgIpc) is 2.59. The Balaban J connectivity index is 1.70. The highest BCUT2D eigenvalue weighted by molar-refractivity contribution is 9.10. The van der Waals surface area contributed by atoms with Crippen LogP contribution in [-0.4, -0.2) is 49.5 Å². The Morgan fingerprint density at radius 1 is 1.43 bits per heavy atom. The number of carbonyl (C=O) groups excluding carboxylic acids is 1. The van der Waals surface area contributed by atoms with E-state index in [1.54, 1.807) is 6.07 Å². The predicted octanol–water partition coefficient (Wildman–Crippen LogP) is 1.06. The number of ether oxygens (including phenoxy) is 2. The minimum Gasteiger partial charge on any atom is -0.490 e. The van der Waals surface area contributed by atoms with Crippen LogP contribution in [0.4, 0.5) is 0 Å². The Bertz CT molecular complexity index is 509. The number of nitrogens with two attached hydrogens (primary N) is 1. The SMILES string of the molecule is NC(C(=O)NCC(O)COc1ccccc1Br)C1CCOCC1. The van der Waals surface area contributed by atoms with Crippen molar-refractivity contribution >= 4 is 21.8 Å². The first-order valence-electron chi connectivity index (χ1n) is 7.74. The van der Waals surface area contributed by atoms with E-state index in [1.165, 1.54) is 0 Å². The molecule has 1 aromatic rings. The maximum Gasteiger partial charge on any atom is 0.237 e. The van der Waals surface area contributed by atoms with Crippen LogP contribution >= 0.6 is 15.9 Å². The Hall–Kier alpha value is -1.15. The summed E-state index contributed by atoms with van der Waals surface area (Å²) < 4.78 is 11.6. The van der Waals surface area contributed by atoms with E-state index >= 15 is 0 Å². The number of nitrogens with one attached hydrogen (secondary N) is 1. The van der Waals surface area contributed by atoms with Gasteiger partial charge in [-0.25, -0.2) is 0 Å². The van der Waals surface area contributed by atoms with Crippen LogP contribution in [-0.2, 0) is 9.53 Å². The number of hydrogen-bond donors (Lipinski definition) is 3. The molecule has 2 atom stereocenters. The largest absolute Gasteiger partial charge is 0.490 e. The Kier molecular flexibility index (Phi) is 7.29. The molecule has 1 fully saturated rings. The highest BCUT2D eigenvalue weighted by Crippen LogP contribution is 2.23. The standard InChI is InChI=1S/C16H23BrN2O4/c17-13-3-1-2-4-14(13)23-10-12(20)9-19-16(21)15(18)11-5-7-22-8-6-11/h1-4,11-12,15,20H,5-10,18H2,(H,19,21). The molecule has 1 aliphatic rings. The van der Waals surface area contributed by atoms with Crippen molar-refractivity contribution in [3.8, 4) is 5.75 Å². The molecule has 0 spiro atoms. The van der Waals surface area contributed by atoms with Crippen LogP contribution in [0, 0.1) is 5.92 Å². The van der Waals surface area contributed by atoms with Crippen molar-refractivity contribution in [1.82, 2.24) is 5.32 Å². The van der Waals surface area contributed by atoms with Gasteiger partial charge in [0.1, 0.15) is 18.5 Å². The Morgan fingerprint density at radius 3 is 2.83 bits per heavy atom. The van der Waals surface area contributed by atoms with Crippen LogP contribution in [0.3, 0.4) is 0 Å². The Morgan fingerprint density at radius 2 is 2.13 bits per heavy atom. The number of aliphatic hydroxyl groups excluding tert-OH is 1. The van der Waals surface area contributed by atoms with Crippen LogP contribution in [0.5, 0.6) is 5.75 Å². The Labute approximate surface area is 144 Å². The summed E-state index contributed by atoms with van der Waals surface area (Å²) >= 11 is 3.37. The summed E-state index contributed by atoms with van der Waals surface area (Å²) in [7, 11) is 0. The molecule has 1 aliphatic heterocycles. The van der Waals surface area contributed by atoms with E-state index in [9.17, 15) is 9.90 Å². The second-order valence-electron chi connectivity index (χ2n) is 5.62. The van der Waals surface area contributed by atoms with Crippen molar-refractivity contribution in [2.75, 3.05) is 26.4 Å². The molecule has 2 unspecified atom stereocenters. The normalized spacial score (nSPS) is 18.2. The summed E-state index contributed by atoms with van der Waals surface area (Å²) in [5.74, 6) is 0.547. The minimum absolute atomic E-state index is 0.0927. The first kappa shape index (κ1) is 18.2. The third kappa shape index (κ3) is 5.76. The molecular weight excluding hydrogens is 364 g/mol. The lowest BCUT2D eigenvalue weighted by molar-refractivity contribution is -0.124. The van der Waals surface area contributed by atoms with Crippen molar-refractivity contribution in [1.29, 1.82) is 0 Å². The zero-order chi connectivity index (χ0) is 16.7. The van der Waals surface area contributed by atoms with Gasteiger partial charge in [0.2, 0.25) is 5.91 Å². The van der Waals surface area contributed by atoms with Crippen molar-refractivity contribution in [2.45, 2.75) is 25.0 Å². The molecule has 128 valence electrons. The first-order chi connectivity index (χ1) is 11.1. The minimum atomic E-state index is -0.798. The van der Waals surface area contributed by atoms with Gasteiger partial charge in [-0.05, 0) is 46.8 Å². The fourth-order valence-electron chi connectivity index (χ4n) is 2.43. The van der Waals surface area contributed by atoms with E-state index in [1.807, 2.05) is 18.2 Å². The van der Waals surface area contributed by atoms with Gasteiger partial charge < -0.3 is 25.6 Å². The monoisotopic (exact) mass is 386 g/mol. The number of aliphatic hydroxyl groups is 1. The zero-order valence-electron chi connectivity index (χ0n) is 12.9. The number of amides is 1. The molecule has 4 N–H and O–H groups in total. The zero-order valence-corrected chi connectivity index (χ0v) is 14.5. The lowest BCUT2D eigenvalue weighted by atomic mass is 9.92. The predicted molar refractivity (Wildman–Crippen MR) is 90.2 cm³/mol. The fourth-order valence-corrected chi connectivity index (χ4v) is 2.83. The lowest BCUT2D eigenvalue weighted by Gasteiger charge is -2.27. The van der Waals surface area contributed by atoms with Gasteiger partial charge in [0.25, 0.3) is 0 Å². The number of halogens is 1. The van der Waals surface area contributed by atoms with Gasteiger partial charge in [0.05, 0.1) is 10.5 Å². The van der Waals surface area contributed by atoms with Crippen LogP contribution in [0.25, 0.3) is 0 Å².